The molecule has 146 valence electrons. The summed E-state index contributed by atoms with van der Waals surface area (Å²) in [6, 6.07) is 13.6. The molecule has 1 N–H and O–H groups in total. The predicted molar refractivity (Wildman–Crippen MR) is 111 cm³/mol. The van der Waals surface area contributed by atoms with Crippen LogP contribution in [0, 0.1) is 17.6 Å². The number of hydrogen-bond acceptors (Lipinski definition) is 1. The van der Waals surface area contributed by atoms with Gasteiger partial charge in [0.15, 0.2) is 11.6 Å². The number of aromatic hydroxyl groups is 1. The first-order chi connectivity index (χ1) is 13.6. The number of rotatable bonds is 4. The molecule has 0 bridgehead atoms. The molecule has 1 fully saturated rings. The second-order valence-corrected chi connectivity index (χ2v) is 8.08. The first-order valence-electron chi connectivity index (χ1n) is 10.3. The van der Waals surface area contributed by atoms with Gasteiger partial charge in [0.25, 0.3) is 0 Å². The van der Waals surface area contributed by atoms with Gasteiger partial charge in [0, 0.05) is 10.9 Å². The summed E-state index contributed by atoms with van der Waals surface area (Å²) in [6.07, 6.45) is 7.31. The summed E-state index contributed by atoms with van der Waals surface area (Å²) in [7, 11) is 0. The topological polar surface area (TPSA) is 20.2 Å². The van der Waals surface area contributed by atoms with E-state index in [0.717, 1.165) is 24.3 Å². The van der Waals surface area contributed by atoms with Crippen molar-refractivity contribution < 1.29 is 13.9 Å². The maximum absolute atomic E-state index is 14.9. The molecule has 3 heteroatoms. The van der Waals surface area contributed by atoms with Gasteiger partial charge in [-0.15, -0.1) is 0 Å². The van der Waals surface area contributed by atoms with Crippen LogP contribution in [-0.2, 0) is 0 Å². The molecule has 0 unspecified atom stereocenters. The van der Waals surface area contributed by atoms with Gasteiger partial charge in [-0.3, -0.25) is 0 Å². The number of phenols is 1. The average molecular weight is 380 g/mol. The van der Waals surface area contributed by atoms with Crippen LogP contribution in [0.1, 0.15) is 56.9 Å². The summed E-state index contributed by atoms with van der Waals surface area (Å²) in [4.78, 5) is 0. The molecule has 28 heavy (non-hydrogen) atoms. The van der Waals surface area contributed by atoms with Crippen molar-refractivity contribution in [2.24, 2.45) is 5.92 Å². The summed E-state index contributed by atoms with van der Waals surface area (Å²) < 4.78 is 28.9. The molecular formula is C25H26F2O. The second-order valence-electron chi connectivity index (χ2n) is 8.08. The van der Waals surface area contributed by atoms with Crippen molar-refractivity contribution in [1.29, 1.82) is 0 Å². The fourth-order valence-corrected chi connectivity index (χ4v) is 4.66. The first-order valence-corrected chi connectivity index (χ1v) is 10.3. The lowest BCUT2D eigenvalue weighted by Crippen LogP contribution is -2.13. The van der Waals surface area contributed by atoms with Crippen LogP contribution < -0.4 is 0 Å². The minimum Gasteiger partial charge on any atom is -0.505 e. The van der Waals surface area contributed by atoms with Gasteiger partial charge in [0.1, 0.15) is 5.82 Å². The molecule has 1 aliphatic rings. The zero-order chi connectivity index (χ0) is 19.7. The molecule has 3 aromatic rings. The molecule has 0 saturated heterocycles. The Balaban J connectivity index is 1.58. The fourth-order valence-electron chi connectivity index (χ4n) is 4.66. The van der Waals surface area contributed by atoms with Gasteiger partial charge in [-0.25, -0.2) is 8.78 Å². The van der Waals surface area contributed by atoms with E-state index in [0.29, 0.717) is 27.8 Å². The number of benzene rings is 3. The van der Waals surface area contributed by atoms with E-state index in [1.54, 1.807) is 30.3 Å². The van der Waals surface area contributed by atoms with Crippen LogP contribution in [0.3, 0.4) is 0 Å². The Kier molecular flexibility index (Phi) is 5.34. The van der Waals surface area contributed by atoms with E-state index in [2.05, 4.69) is 6.92 Å². The van der Waals surface area contributed by atoms with Crippen molar-refractivity contribution in [3.8, 4) is 16.9 Å². The Morgan fingerprint density at radius 2 is 1.71 bits per heavy atom. The van der Waals surface area contributed by atoms with Crippen LogP contribution in [0.2, 0.25) is 0 Å². The Morgan fingerprint density at radius 1 is 0.929 bits per heavy atom. The van der Waals surface area contributed by atoms with Crippen molar-refractivity contribution in [2.75, 3.05) is 0 Å². The third-order valence-corrected chi connectivity index (χ3v) is 6.25. The maximum Gasteiger partial charge on any atom is 0.172 e. The van der Waals surface area contributed by atoms with Crippen LogP contribution in [-0.4, -0.2) is 5.11 Å². The van der Waals surface area contributed by atoms with Crippen LogP contribution in [0.4, 0.5) is 8.78 Å². The van der Waals surface area contributed by atoms with Gasteiger partial charge >= 0.3 is 0 Å². The van der Waals surface area contributed by atoms with E-state index in [4.69, 9.17) is 0 Å². The highest BCUT2D eigenvalue weighted by Crippen LogP contribution is 2.39. The molecule has 1 nitrogen and oxygen atoms in total. The van der Waals surface area contributed by atoms with Crippen molar-refractivity contribution in [3.05, 3.63) is 65.7 Å². The molecule has 1 aliphatic carbocycles. The summed E-state index contributed by atoms with van der Waals surface area (Å²) >= 11 is 0. The molecular weight excluding hydrogens is 354 g/mol. The van der Waals surface area contributed by atoms with E-state index < -0.39 is 5.82 Å². The largest absolute Gasteiger partial charge is 0.505 e. The third kappa shape index (κ3) is 3.63. The molecule has 0 aromatic heterocycles. The lowest BCUT2D eigenvalue weighted by Gasteiger charge is -2.28. The van der Waals surface area contributed by atoms with Gasteiger partial charge in [-0.05, 0) is 72.2 Å². The second kappa shape index (κ2) is 7.90. The van der Waals surface area contributed by atoms with Crippen LogP contribution >= 0.6 is 0 Å². The van der Waals surface area contributed by atoms with Crippen molar-refractivity contribution >= 4 is 10.8 Å². The highest BCUT2D eigenvalue weighted by Gasteiger charge is 2.22. The van der Waals surface area contributed by atoms with E-state index in [1.165, 1.54) is 31.7 Å². The molecule has 0 spiro atoms. The molecule has 0 aliphatic heterocycles. The lowest BCUT2D eigenvalue weighted by molar-refractivity contribution is 0.308. The van der Waals surface area contributed by atoms with Gasteiger partial charge < -0.3 is 5.11 Å². The molecule has 0 heterocycles. The molecule has 3 aromatic carbocycles. The van der Waals surface area contributed by atoms with Crippen molar-refractivity contribution in [1.82, 2.24) is 0 Å². The maximum atomic E-state index is 14.9. The zero-order valence-electron chi connectivity index (χ0n) is 16.2. The smallest absolute Gasteiger partial charge is 0.172 e. The minimum atomic E-state index is -0.640. The highest BCUT2D eigenvalue weighted by molar-refractivity contribution is 5.89. The number of phenolic OH excluding ortho intramolecular Hbond substituents is 1. The predicted octanol–water partition coefficient (Wildman–Crippen LogP) is 7.56. The highest BCUT2D eigenvalue weighted by atomic mass is 19.1. The quantitative estimate of drug-likeness (QED) is 0.495. The normalized spacial score (nSPS) is 19.8. The van der Waals surface area contributed by atoms with Gasteiger partial charge in [-0.2, -0.15) is 0 Å². The minimum absolute atomic E-state index is 0.230. The standard InChI is InChI=1S/C25H26F2O/c1-2-3-16-4-6-17(7-5-16)18-8-11-21(23(26)15-18)19-9-12-22-20(14-19)10-13-24(28)25(22)27/h8-17,28H,2-7H2,1H3. The molecule has 1 saturated carbocycles. The van der Waals surface area contributed by atoms with Gasteiger partial charge in [-0.1, -0.05) is 50.1 Å². The van der Waals surface area contributed by atoms with E-state index >= 15 is 0 Å². The van der Waals surface area contributed by atoms with Crippen LogP contribution in [0.25, 0.3) is 21.9 Å². The Bertz CT molecular complexity index is 987. The number of fused-ring (bicyclic) bond motifs is 1. The monoisotopic (exact) mass is 380 g/mol. The number of hydrogen-bond donors (Lipinski definition) is 1. The summed E-state index contributed by atoms with van der Waals surface area (Å²) in [5.74, 6) is 0.0444. The van der Waals surface area contributed by atoms with Gasteiger partial charge in [0.2, 0.25) is 0 Å². The fraction of sp³-hybridized carbons (Fsp3) is 0.360. The Labute approximate surface area is 165 Å². The average Bonchev–Trinajstić information content (AvgIpc) is 2.71. The molecule has 0 atom stereocenters. The Hall–Kier alpha value is -2.42. The van der Waals surface area contributed by atoms with Gasteiger partial charge in [0.05, 0.1) is 0 Å². The Morgan fingerprint density at radius 3 is 2.43 bits per heavy atom. The summed E-state index contributed by atoms with van der Waals surface area (Å²) in [5, 5.41) is 10.5. The molecule has 4 rings (SSSR count). The van der Waals surface area contributed by atoms with Crippen LogP contribution in [0.15, 0.2) is 48.5 Å². The molecule has 0 amide bonds. The van der Waals surface area contributed by atoms with Crippen molar-refractivity contribution in [2.45, 2.75) is 51.4 Å². The first kappa shape index (κ1) is 18.9. The molecule has 0 radical (unpaired) electrons. The zero-order valence-corrected chi connectivity index (χ0v) is 16.2. The van der Waals surface area contributed by atoms with E-state index in [1.807, 2.05) is 12.1 Å². The third-order valence-electron chi connectivity index (χ3n) is 6.25. The van der Waals surface area contributed by atoms with Crippen molar-refractivity contribution in [3.63, 3.8) is 0 Å². The van der Waals surface area contributed by atoms with Crippen LogP contribution in [0.5, 0.6) is 5.75 Å². The SMILES string of the molecule is CCCC1CCC(c2ccc(-c3ccc4c(F)c(O)ccc4c3)c(F)c2)CC1. The lowest BCUT2D eigenvalue weighted by atomic mass is 9.77. The summed E-state index contributed by atoms with van der Waals surface area (Å²) in [6.45, 7) is 2.24. The summed E-state index contributed by atoms with van der Waals surface area (Å²) in [5.41, 5.74) is 2.33. The van der Waals surface area contributed by atoms with E-state index in [-0.39, 0.29) is 11.6 Å². The number of halogens is 2. The van der Waals surface area contributed by atoms with E-state index in [9.17, 15) is 13.9 Å².